The van der Waals surface area contributed by atoms with E-state index in [9.17, 15) is 9.59 Å². The third-order valence-electron chi connectivity index (χ3n) is 2.84. The molecule has 0 aliphatic carbocycles. The van der Waals surface area contributed by atoms with Gasteiger partial charge in [0.2, 0.25) is 0 Å². The Morgan fingerprint density at radius 1 is 1.62 bits per heavy atom. The normalized spacial score (nSPS) is 18.9. The van der Waals surface area contributed by atoms with Crippen molar-refractivity contribution in [3.8, 4) is 0 Å². The fourth-order valence-corrected chi connectivity index (χ4v) is 1.99. The quantitative estimate of drug-likeness (QED) is 0.731. The van der Waals surface area contributed by atoms with Crippen molar-refractivity contribution in [2.24, 2.45) is 5.92 Å². The average molecular weight is 224 g/mol. The first kappa shape index (κ1) is 10.7. The zero-order valence-electron chi connectivity index (χ0n) is 8.84. The van der Waals surface area contributed by atoms with Crippen molar-refractivity contribution in [2.45, 2.75) is 19.4 Å². The van der Waals surface area contributed by atoms with E-state index in [1.165, 1.54) is 13.4 Å². The standard InChI is InChI=1S/C10H12N2O4/c1-16-10(15)6-2-3-12-5-11-8(9(13)14)7(12)4-6/h5-6H,2-4H2,1H3,(H,13,14). The molecule has 16 heavy (non-hydrogen) atoms. The Morgan fingerprint density at radius 2 is 2.38 bits per heavy atom. The lowest BCUT2D eigenvalue weighted by atomic mass is 9.95. The van der Waals surface area contributed by atoms with Crippen LogP contribution in [0.25, 0.3) is 0 Å². The number of methoxy groups -OCH3 is 1. The molecule has 1 aliphatic heterocycles. The summed E-state index contributed by atoms with van der Waals surface area (Å²) in [5.74, 6) is -1.60. The van der Waals surface area contributed by atoms with E-state index in [-0.39, 0.29) is 17.6 Å². The molecule has 0 radical (unpaired) electrons. The van der Waals surface area contributed by atoms with Crippen LogP contribution in [-0.2, 0) is 22.5 Å². The number of carboxylic acid groups (broad SMARTS) is 1. The summed E-state index contributed by atoms with van der Waals surface area (Å²) in [6.45, 7) is 0.607. The van der Waals surface area contributed by atoms with Gasteiger partial charge in [0.05, 0.1) is 25.0 Å². The lowest BCUT2D eigenvalue weighted by Gasteiger charge is -2.21. The fraction of sp³-hybridized carbons (Fsp3) is 0.500. The summed E-state index contributed by atoms with van der Waals surface area (Å²) in [4.78, 5) is 26.1. The Morgan fingerprint density at radius 3 is 3.00 bits per heavy atom. The molecule has 86 valence electrons. The van der Waals surface area contributed by atoms with Gasteiger partial charge >= 0.3 is 11.9 Å². The van der Waals surface area contributed by atoms with Crippen molar-refractivity contribution in [3.63, 3.8) is 0 Å². The molecule has 0 saturated heterocycles. The minimum Gasteiger partial charge on any atom is -0.476 e. The molecular weight excluding hydrogens is 212 g/mol. The summed E-state index contributed by atoms with van der Waals surface area (Å²) in [6, 6.07) is 0. The predicted molar refractivity (Wildman–Crippen MR) is 53.0 cm³/mol. The van der Waals surface area contributed by atoms with E-state index in [0.29, 0.717) is 25.1 Å². The van der Waals surface area contributed by atoms with Crippen molar-refractivity contribution >= 4 is 11.9 Å². The van der Waals surface area contributed by atoms with Gasteiger partial charge < -0.3 is 14.4 Å². The van der Waals surface area contributed by atoms with Crippen LogP contribution in [0, 0.1) is 5.92 Å². The van der Waals surface area contributed by atoms with Crippen molar-refractivity contribution < 1.29 is 19.4 Å². The second-order valence-electron chi connectivity index (χ2n) is 3.75. The summed E-state index contributed by atoms with van der Waals surface area (Å²) in [7, 11) is 1.34. The number of rotatable bonds is 2. The predicted octanol–water partition coefficient (Wildman–Crippen LogP) is 0.317. The highest BCUT2D eigenvalue weighted by Crippen LogP contribution is 2.23. The summed E-state index contributed by atoms with van der Waals surface area (Å²) in [5, 5.41) is 8.92. The summed E-state index contributed by atoms with van der Waals surface area (Å²) in [5.41, 5.74) is 0.641. The Labute approximate surface area is 91.8 Å². The van der Waals surface area contributed by atoms with Gasteiger partial charge in [-0.2, -0.15) is 0 Å². The molecular formula is C10H12N2O4. The van der Waals surface area contributed by atoms with E-state index in [4.69, 9.17) is 5.11 Å². The molecule has 0 bridgehead atoms. The van der Waals surface area contributed by atoms with Crippen LogP contribution in [-0.4, -0.2) is 33.7 Å². The summed E-state index contributed by atoms with van der Waals surface area (Å²) in [6.07, 6.45) is 2.55. The van der Waals surface area contributed by atoms with Crippen molar-refractivity contribution in [3.05, 3.63) is 17.7 Å². The number of carbonyl (C=O) groups is 2. The molecule has 0 aromatic carbocycles. The van der Waals surface area contributed by atoms with Crippen LogP contribution in [0.4, 0.5) is 0 Å². The zero-order chi connectivity index (χ0) is 11.7. The van der Waals surface area contributed by atoms with Crippen molar-refractivity contribution in [1.82, 2.24) is 9.55 Å². The van der Waals surface area contributed by atoms with E-state index >= 15 is 0 Å². The van der Waals surface area contributed by atoms with Crippen LogP contribution in [0.2, 0.25) is 0 Å². The SMILES string of the molecule is COC(=O)C1CCn2cnc(C(=O)O)c2C1. The molecule has 2 heterocycles. The topological polar surface area (TPSA) is 81.4 Å². The highest BCUT2D eigenvalue weighted by atomic mass is 16.5. The van der Waals surface area contributed by atoms with Gasteiger partial charge in [-0.15, -0.1) is 0 Å². The van der Waals surface area contributed by atoms with Gasteiger partial charge in [0, 0.05) is 13.0 Å². The number of aryl methyl sites for hydroxylation is 1. The number of ether oxygens (including phenoxy) is 1. The van der Waals surface area contributed by atoms with E-state index < -0.39 is 5.97 Å². The molecule has 2 rings (SSSR count). The van der Waals surface area contributed by atoms with E-state index in [1.807, 2.05) is 0 Å². The van der Waals surface area contributed by atoms with Crippen molar-refractivity contribution in [1.29, 1.82) is 0 Å². The monoisotopic (exact) mass is 224 g/mol. The van der Waals surface area contributed by atoms with Crippen LogP contribution < -0.4 is 0 Å². The van der Waals surface area contributed by atoms with E-state index in [2.05, 4.69) is 9.72 Å². The lowest BCUT2D eigenvalue weighted by Crippen LogP contribution is -2.27. The van der Waals surface area contributed by atoms with Crippen molar-refractivity contribution in [2.75, 3.05) is 7.11 Å². The number of aromatic nitrogens is 2. The number of aromatic carboxylic acids is 1. The van der Waals surface area contributed by atoms with E-state index in [0.717, 1.165) is 0 Å². The molecule has 6 nitrogen and oxygen atoms in total. The number of carbonyl (C=O) groups excluding carboxylic acids is 1. The van der Waals surface area contributed by atoms with Gasteiger partial charge in [0.1, 0.15) is 0 Å². The number of hydrogen-bond donors (Lipinski definition) is 1. The summed E-state index contributed by atoms with van der Waals surface area (Å²) >= 11 is 0. The number of imidazole rings is 1. The Hall–Kier alpha value is -1.85. The van der Waals surface area contributed by atoms with Gasteiger partial charge in [-0.3, -0.25) is 4.79 Å². The highest BCUT2D eigenvalue weighted by molar-refractivity contribution is 5.87. The molecule has 0 fully saturated rings. The molecule has 0 spiro atoms. The van der Waals surface area contributed by atoms with Gasteiger partial charge in [-0.05, 0) is 6.42 Å². The van der Waals surface area contributed by atoms with Crippen LogP contribution in [0.5, 0.6) is 0 Å². The molecule has 1 aromatic heterocycles. The first-order valence-electron chi connectivity index (χ1n) is 4.98. The molecule has 1 aromatic rings. The molecule has 0 saturated carbocycles. The fourth-order valence-electron chi connectivity index (χ4n) is 1.99. The molecule has 1 aliphatic rings. The summed E-state index contributed by atoms with van der Waals surface area (Å²) < 4.78 is 6.45. The molecule has 1 N–H and O–H groups in total. The van der Waals surface area contributed by atoms with Gasteiger partial charge in [0.15, 0.2) is 5.69 Å². The molecule has 0 amide bonds. The number of nitrogens with zero attached hydrogens (tertiary/aromatic N) is 2. The third kappa shape index (κ3) is 1.66. The van der Waals surface area contributed by atoms with Gasteiger partial charge in [0.25, 0.3) is 0 Å². The average Bonchev–Trinajstić information content (AvgIpc) is 2.70. The van der Waals surface area contributed by atoms with Crippen LogP contribution in [0.15, 0.2) is 6.33 Å². The van der Waals surface area contributed by atoms with Gasteiger partial charge in [-0.1, -0.05) is 0 Å². The van der Waals surface area contributed by atoms with E-state index in [1.54, 1.807) is 4.57 Å². The molecule has 1 atom stereocenters. The minimum atomic E-state index is -1.06. The first-order valence-corrected chi connectivity index (χ1v) is 4.98. The van der Waals surface area contributed by atoms with Gasteiger partial charge in [-0.25, -0.2) is 9.78 Å². The maximum atomic E-state index is 11.4. The molecule has 6 heteroatoms. The second kappa shape index (κ2) is 3.96. The Kier molecular flexibility index (Phi) is 2.64. The number of hydrogen-bond acceptors (Lipinski definition) is 4. The maximum Gasteiger partial charge on any atom is 0.356 e. The Balaban J connectivity index is 2.27. The maximum absolute atomic E-state index is 11.4. The number of carboxylic acids is 1. The smallest absolute Gasteiger partial charge is 0.356 e. The highest BCUT2D eigenvalue weighted by Gasteiger charge is 2.29. The van der Waals surface area contributed by atoms with Crippen LogP contribution in [0.1, 0.15) is 22.6 Å². The minimum absolute atomic E-state index is 0.0357. The number of esters is 1. The van der Waals surface area contributed by atoms with Crippen LogP contribution >= 0.6 is 0 Å². The first-order chi connectivity index (χ1) is 7.63. The second-order valence-corrected chi connectivity index (χ2v) is 3.75. The lowest BCUT2D eigenvalue weighted by molar-refractivity contribution is -0.146. The zero-order valence-corrected chi connectivity index (χ0v) is 8.84. The largest absolute Gasteiger partial charge is 0.476 e. The van der Waals surface area contributed by atoms with Crippen LogP contribution in [0.3, 0.4) is 0 Å². The molecule has 1 unspecified atom stereocenters. The third-order valence-corrected chi connectivity index (χ3v) is 2.84. The number of fused-ring (bicyclic) bond motifs is 1. The Bertz CT molecular complexity index is 438.